The van der Waals surface area contributed by atoms with Crippen molar-refractivity contribution in [2.24, 2.45) is 5.92 Å². The molecule has 0 amide bonds. The molecule has 0 aromatic carbocycles. The van der Waals surface area contributed by atoms with Crippen molar-refractivity contribution in [1.29, 1.82) is 0 Å². The average molecular weight is 242 g/mol. The van der Waals surface area contributed by atoms with E-state index in [0.717, 1.165) is 12.8 Å². The van der Waals surface area contributed by atoms with E-state index in [-0.39, 0.29) is 24.2 Å². The monoisotopic (exact) mass is 241 g/mol. The standard InChI is InChI=1S/C8H16ClNO3S/c9-3-6-14(12,13)10-4-1-8(7-11)2-5-10/h8,11H,1-7H2. The quantitative estimate of drug-likeness (QED) is 0.719. The number of hydrogen-bond donors (Lipinski definition) is 1. The predicted octanol–water partition coefficient (Wildman–Crippen LogP) is 0.259. The fourth-order valence-electron chi connectivity index (χ4n) is 1.60. The highest BCUT2D eigenvalue weighted by Crippen LogP contribution is 2.19. The first-order chi connectivity index (χ1) is 6.60. The molecule has 0 unspecified atom stereocenters. The van der Waals surface area contributed by atoms with Crippen LogP contribution in [0.25, 0.3) is 0 Å². The Morgan fingerprint density at radius 2 is 1.93 bits per heavy atom. The van der Waals surface area contributed by atoms with E-state index < -0.39 is 10.0 Å². The number of alkyl halides is 1. The van der Waals surface area contributed by atoms with E-state index in [2.05, 4.69) is 0 Å². The fourth-order valence-corrected chi connectivity index (χ4v) is 3.40. The normalized spacial score (nSPS) is 21.3. The van der Waals surface area contributed by atoms with Crippen LogP contribution in [0.5, 0.6) is 0 Å². The van der Waals surface area contributed by atoms with Crippen molar-refractivity contribution >= 4 is 21.6 Å². The molecule has 4 nitrogen and oxygen atoms in total. The van der Waals surface area contributed by atoms with Gasteiger partial charge in [0.2, 0.25) is 10.0 Å². The van der Waals surface area contributed by atoms with Crippen LogP contribution in [0.1, 0.15) is 12.8 Å². The van der Waals surface area contributed by atoms with Crippen LogP contribution in [-0.4, -0.2) is 49.2 Å². The molecule has 14 heavy (non-hydrogen) atoms. The van der Waals surface area contributed by atoms with Gasteiger partial charge in [0.05, 0.1) is 5.75 Å². The van der Waals surface area contributed by atoms with Gasteiger partial charge in [0, 0.05) is 25.6 Å². The molecule has 0 saturated carbocycles. The van der Waals surface area contributed by atoms with E-state index in [9.17, 15) is 8.42 Å². The third-order valence-corrected chi connectivity index (χ3v) is 4.85. The van der Waals surface area contributed by atoms with Crippen LogP contribution in [0, 0.1) is 5.92 Å². The highest BCUT2D eigenvalue weighted by Gasteiger charge is 2.26. The van der Waals surface area contributed by atoms with Crippen LogP contribution in [0.15, 0.2) is 0 Å². The van der Waals surface area contributed by atoms with Gasteiger partial charge < -0.3 is 5.11 Å². The molecule has 1 saturated heterocycles. The number of piperidine rings is 1. The third-order valence-electron chi connectivity index (χ3n) is 2.56. The lowest BCUT2D eigenvalue weighted by atomic mass is 10.00. The van der Waals surface area contributed by atoms with Gasteiger partial charge in [-0.1, -0.05) is 0 Å². The summed E-state index contributed by atoms with van der Waals surface area (Å²) in [6, 6.07) is 0. The fraction of sp³-hybridized carbons (Fsp3) is 1.00. The Morgan fingerprint density at radius 3 is 2.36 bits per heavy atom. The number of hydrogen-bond acceptors (Lipinski definition) is 3. The molecular weight excluding hydrogens is 226 g/mol. The second-order valence-electron chi connectivity index (χ2n) is 3.53. The molecule has 0 spiro atoms. The maximum Gasteiger partial charge on any atom is 0.215 e. The van der Waals surface area contributed by atoms with Crippen LogP contribution < -0.4 is 0 Å². The lowest BCUT2D eigenvalue weighted by Crippen LogP contribution is -2.40. The van der Waals surface area contributed by atoms with Crippen LogP contribution in [0.3, 0.4) is 0 Å². The van der Waals surface area contributed by atoms with E-state index in [0.29, 0.717) is 13.1 Å². The summed E-state index contributed by atoms with van der Waals surface area (Å²) in [4.78, 5) is 0. The average Bonchev–Trinajstić information content (AvgIpc) is 2.18. The molecule has 0 aliphatic carbocycles. The summed E-state index contributed by atoms with van der Waals surface area (Å²) in [5, 5.41) is 8.89. The first-order valence-corrected chi connectivity index (χ1v) is 6.89. The molecule has 0 aromatic rings. The Kier molecular flexibility index (Phi) is 4.63. The first kappa shape index (κ1) is 12.2. The van der Waals surface area contributed by atoms with Crippen molar-refractivity contribution in [3.63, 3.8) is 0 Å². The lowest BCUT2D eigenvalue weighted by Gasteiger charge is -2.29. The third kappa shape index (κ3) is 3.08. The highest BCUT2D eigenvalue weighted by molar-refractivity contribution is 7.89. The van der Waals surface area contributed by atoms with Crippen LogP contribution in [0.2, 0.25) is 0 Å². The Hall–Kier alpha value is 0.160. The molecule has 1 aliphatic rings. The number of rotatable bonds is 4. The SMILES string of the molecule is O=S(=O)(CCCl)N1CCC(CO)CC1. The van der Waals surface area contributed by atoms with Crippen molar-refractivity contribution in [2.75, 3.05) is 31.3 Å². The van der Waals surface area contributed by atoms with Gasteiger partial charge in [-0.3, -0.25) is 0 Å². The Bertz CT molecular complexity index is 260. The van der Waals surface area contributed by atoms with E-state index in [4.69, 9.17) is 16.7 Å². The van der Waals surface area contributed by atoms with Gasteiger partial charge in [-0.25, -0.2) is 12.7 Å². The minimum absolute atomic E-state index is 0.0122. The Morgan fingerprint density at radius 1 is 1.36 bits per heavy atom. The summed E-state index contributed by atoms with van der Waals surface area (Å²) in [6.45, 7) is 1.19. The van der Waals surface area contributed by atoms with Crippen molar-refractivity contribution in [2.45, 2.75) is 12.8 Å². The molecule has 1 heterocycles. The van der Waals surface area contributed by atoms with E-state index in [1.54, 1.807) is 0 Å². The largest absolute Gasteiger partial charge is 0.396 e. The molecule has 0 atom stereocenters. The Labute approximate surface area is 89.9 Å². The van der Waals surface area contributed by atoms with Crippen molar-refractivity contribution < 1.29 is 13.5 Å². The number of nitrogens with zero attached hydrogens (tertiary/aromatic N) is 1. The molecule has 6 heteroatoms. The molecule has 1 aliphatic heterocycles. The van der Waals surface area contributed by atoms with Gasteiger partial charge in [-0.15, -0.1) is 11.6 Å². The molecule has 1 fully saturated rings. The number of halogens is 1. The zero-order valence-electron chi connectivity index (χ0n) is 8.02. The lowest BCUT2D eigenvalue weighted by molar-refractivity contribution is 0.170. The maximum atomic E-state index is 11.6. The molecule has 0 bridgehead atoms. The van der Waals surface area contributed by atoms with Gasteiger partial charge in [0.1, 0.15) is 0 Å². The number of sulfonamides is 1. The van der Waals surface area contributed by atoms with E-state index >= 15 is 0 Å². The Balaban J connectivity index is 2.49. The van der Waals surface area contributed by atoms with Crippen molar-refractivity contribution in [1.82, 2.24) is 4.31 Å². The number of aliphatic hydroxyl groups excluding tert-OH is 1. The van der Waals surface area contributed by atoms with Gasteiger partial charge in [0.25, 0.3) is 0 Å². The number of aliphatic hydroxyl groups is 1. The zero-order valence-corrected chi connectivity index (χ0v) is 9.60. The molecule has 1 N–H and O–H groups in total. The molecule has 0 aromatic heterocycles. The minimum Gasteiger partial charge on any atom is -0.396 e. The minimum atomic E-state index is -3.15. The summed E-state index contributed by atoms with van der Waals surface area (Å²) >= 11 is 5.42. The topological polar surface area (TPSA) is 57.6 Å². The predicted molar refractivity (Wildman–Crippen MR) is 55.9 cm³/mol. The van der Waals surface area contributed by atoms with Crippen molar-refractivity contribution in [3.8, 4) is 0 Å². The maximum absolute atomic E-state index is 11.6. The van der Waals surface area contributed by atoms with Gasteiger partial charge >= 0.3 is 0 Å². The summed E-state index contributed by atoms with van der Waals surface area (Å²) in [6.07, 6.45) is 1.50. The molecule has 0 radical (unpaired) electrons. The first-order valence-electron chi connectivity index (χ1n) is 4.75. The molecular formula is C8H16ClNO3S. The zero-order chi connectivity index (χ0) is 10.6. The van der Waals surface area contributed by atoms with Gasteiger partial charge in [0.15, 0.2) is 0 Å². The molecule has 1 rings (SSSR count). The van der Waals surface area contributed by atoms with Crippen LogP contribution in [0.4, 0.5) is 0 Å². The summed E-state index contributed by atoms with van der Waals surface area (Å²) in [5.41, 5.74) is 0. The van der Waals surface area contributed by atoms with Crippen LogP contribution in [-0.2, 0) is 10.0 Å². The second kappa shape index (κ2) is 5.30. The van der Waals surface area contributed by atoms with Gasteiger partial charge in [-0.2, -0.15) is 0 Å². The summed E-state index contributed by atoms with van der Waals surface area (Å²) in [7, 11) is -3.15. The molecule has 84 valence electrons. The van der Waals surface area contributed by atoms with Crippen LogP contribution >= 0.6 is 11.6 Å². The van der Waals surface area contributed by atoms with E-state index in [1.807, 2.05) is 0 Å². The van der Waals surface area contributed by atoms with Gasteiger partial charge in [-0.05, 0) is 18.8 Å². The van der Waals surface area contributed by atoms with E-state index in [1.165, 1.54) is 4.31 Å². The summed E-state index contributed by atoms with van der Waals surface area (Å²) in [5.74, 6) is 0.415. The smallest absolute Gasteiger partial charge is 0.215 e. The van der Waals surface area contributed by atoms with Crippen molar-refractivity contribution in [3.05, 3.63) is 0 Å². The second-order valence-corrected chi connectivity index (χ2v) is 6.00. The summed E-state index contributed by atoms with van der Waals surface area (Å²) < 4.78 is 24.6. The highest BCUT2D eigenvalue weighted by atomic mass is 35.5.